The van der Waals surface area contributed by atoms with Gasteiger partial charge in [-0.3, -0.25) is 4.79 Å². The summed E-state index contributed by atoms with van der Waals surface area (Å²) < 4.78 is 79.9. The molecule has 5 atom stereocenters. The van der Waals surface area contributed by atoms with E-state index in [0.717, 1.165) is 12.1 Å². The number of hydrogen-bond acceptors (Lipinski definition) is 6. The third-order valence-corrected chi connectivity index (χ3v) is 8.62. The van der Waals surface area contributed by atoms with Crippen LogP contribution in [0.4, 0.5) is 22.0 Å². The van der Waals surface area contributed by atoms with Gasteiger partial charge in [-0.25, -0.2) is 18.6 Å². The lowest BCUT2D eigenvalue weighted by Gasteiger charge is -2.37. The van der Waals surface area contributed by atoms with Crippen molar-refractivity contribution in [2.24, 2.45) is 17.3 Å². The van der Waals surface area contributed by atoms with Crippen LogP contribution in [0.3, 0.4) is 0 Å². The average molecular weight is 628 g/mol. The van der Waals surface area contributed by atoms with Crippen LogP contribution in [-0.4, -0.2) is 59.1 Å². The zero-order valence-corrected chi connectivity index (χ0v) is 25.3. The Bertz CT molecular complexity index is 1360. The molecule has 44 heavy (non-hydrogen) atoms. The lowest BCUT2D eigenvalue weighted by Crippen LogP contribution is -2.50. The van der Waals surface area contributed by atoms with E-state index in [9.17, 15) is 36.6 Å². The topological polar surface area (TPSA) is 101 Å². The van der Waals surface area contributed by atoms with Crippen LogP contribution >= 0.6 is 0 Å². The molecule has 2 aromatic rings. The number of carboxylic acid groups (broad SMARTS) is 1. The van der Waals surface area contributed by atoms with Crippen LogP contribution in [0.15, 0.2) is 36.5 Å². The molecule has 1 aliphatic carbocycles. The average Bonchev–Trinajstić information content (AvgIpc) is 3.30. The Morgan fingerprint density at radius 1 is 1.14 bits per heavy atom. The normalized spacial score (nSPS) is 25.5. The number of likely N-dealkylation sites (tertiary alicyclic amines) is 1. The molecule has 4 rings (SSSR count). The summed E-state index contributed by atoms with van der Waals surface area (Å²) in [5.41, 5.74) is -0.893. The highest BCUT2D eigenvalue weighted by atomic mass is 19.4. The first kappa shape index (κ1) is 33.4. The molecule has 2 N–H and O–H groups in total. The number of ether oxygens (including phenoxy) is 2. The number of halogens is 5. The first-order chi connectivity index (χ1) is 20.5. The summed E-state index contributed by atoms with van der Waals surface area (Å²) in [5.74, 6) is -6.83. The molecule has 0 radical (unpaired) electrons. The Morgan fingerprint density at radius 2 is 1.84 bits per heavy atom. The molecule has 1 aromatic heterocycles. The van der Waals surface area contributed by atoms with E-state index >= 15 is 0 Å². The third-order valence-electron chi connectivity index (χ3n) is 8.62. The van der Waals surface area contributed by atoms with E-state index in [0.29, 0.717) is 11.1 Å². The molecular weight excluding hydrogens is 589 g/mol. The van der Waals surface area contributed by atoms with E-state index in [1.165, 1.54) is 31.4 Å². The summed E-state index contributed by atoms with van der Waals surface area (Å²) in [7, 11) is 2.62. The Kier molecular flexibility index (Phi) is 9.48. The van der Waals surface area contributed by atoms with E-state index in [4.69, 9.17) is 9.47 Å². The summed E-state index contributed by atoms with van der Waals surface area (Å²) in [6, 6.07) is 3.08. The van der Waals surface area contributed by atoms with Crippen molar-refractivity contribution in [1.82, 2.24) is 15.2 Å². The molecule has 1 saturated heterocycles. The Balaban J connectivity index is 1.85. The van der Waals surface area contributed by atoms with Gasteiger partial charge in [-0.15, -0.1) is 0 Å². The number of carbonyl (C=O) groups excluding carboxylic acids is 1. The maximum absolute atomic E-state index is 14.5. The molecule has 0 unspecified atom stereocenters. The van der Waals surface area contributed by atoms with E-state index in [1.54, 1.807) is 12.1 Å². The fraction of sp³-hybridized carbons (Fsp3) is 0.581. The third kappa shape index (κ3) is 6.77. The van der Waals surface area contributed by atoms with Gasteiger partial charge in [-0.1, -0.05) is 26.8 Å². The first-order valence-corrected chi connectivity index (χ1v) is 14.4. The number of pyridine rings is 1. The maximum atomic E-state index is 14.5. The highest BCUT2D eigenvalue weighted by molar-refractivity contribution is 5.87. The van der Waals surface area contributed by atoms with Crippen molar-refractivity contribution in [2.75, 3.05) is 14.2 Å². The number of nitrogens with zero attached hydrogens (tertiary/aromatic N) is 2. The van der Waals surface area contributed by atoms with Crippen molar-refractivity contribution in [3.8, 4) is 11.6 Å². The molecule has 8 nitrogen and oxygen atoms in total. The van der Waals surface area contributed by atoms with Gasteiger partial charge in [0.25, 0.3) is 0 Å². The molecule has 2 heterocycles. The van der Waals surface area contributed by atoms with Gasteiger partial charge in [0.2, 0.25) is 17.7 Å². The SMILES string of the molecule is COc1cc(C(F)(F)F)ccc1CN[C@H]1[C@H](C(C)(C)C)[C@@H](C(=O)O)N(C(=O)[C@@H]2CCCC(F)(F)C2)[C@H]1c1cccnc1OC. The van der Waals surface area contributed by atoms with Crippen molar-refractivity contribution >= 4 is 11.9 Å². The van der Waals surface area contributed by atoms with Crippen LogP contribution in [0.1, 0.15) is 69.2 Å². The van der Waals surface area contributed by atoms with Crippen LogP contribution in [0.25, 0.3) is 0 Å². The second-order valence-electron chi connectivity index (χ2n) is 12.5. The molecule has 0 bridgehead atoms. The standard InChI is InChI=1S/C31H38F5N3O5/c1-29(2,3)22-23(38-16-18-10-11-19(31(34,35)36)14-21(18)43-4)24(20-9-7-13-37-26(20)44-5)39(25(22)28(41)42)27(40)17-8-6-12-30(32,33)15-17/h7,9-11,13-14,17,22-25,38H,6,8,12,15-16H2,1-5H3,(H,41,42)/t17-,22+,23+,24+,25+/m1/s1. The fourth-order valence-electron chi connectivity index (χ4n) is 6.74. The van der Waals surface area contributed by atoms with E-state index in [-0.39, 0.29) is 37.4 Å². The number of carboxylic acids is 1. The van der Waals surface area contributed by atoms with E-state index < -0.39 is 71.3 Å². The van der Waals surface area contributed by atoms with Crippen molar-refractivity contribution < 1.29 is 46.1 Å². The van der Waals surface area contributed by atoms with Crippen molar-refractivity contribution in [1.29, 1.82) is 0 Å². The van der Waals surface area contributed by atoms with Gasteiger partial charge in [0.05, 0.1) is 25.8 Å². The molecule has 2 fully saturated rings. The highest BCUT2D eigenvalue weighted by Gasteiger charge is 2.59. The summed E-state index contributed by atoms with van der Waals surface area (Å²) in [6.45, 7) is 5.41. The second-order valence-corrected chi connectivity index (χ2v) is 12.5. The van der Waals surface area contributed by atoms with Gasteiger partial charge >= 0.3 is 12.1 Å². The predicted molar refractivity (Wildman–Crippen MR) is 150 cm³/mol. The number of carbonyl (C=O) groups is 2. The number of aliphatic carboxylic acids is 1. The minimum absolute atomic E-state index is 0.0275. The molecule has 1 saturated carbocycles. The van der Waals surface area contributed by atoms with Crippen LogP contribution in [0.2, 0.25) is 0 Å². The number of rotatable bonds is 8. The number of hydrogen-bond donors (Lipinski definition) is 2. The van der Waals surface area contributed by atoms with Gasteiger partial charge < -0.3 is 24.8 Å². The number of aromatic nitrogens is 1. The zero-order chi connectivity index (χ0) is 32.6. The van der Waals surface area contributed by atoms with Crippen LogP contribution in [0.5, 0.6) is 11.6 Å². The highest BCUT2D eigenvalue weighted by Crippen LogP contribution is 2.51. The van der Waals surface area contributed by atoms with Crippen molar-refractivity contribution in [3.63, 3.8) is 0 Å². The Hall–Kier alpha value is -3.48. The molecule has 1 aromatic carbocycles. The van der Waals surface area contributed by atoms with Crippen molar-refractivity contribution in [3.05, 3.63) is 53.2 Å². The lowest BCUT2D eigenvalue weighted by atomic mass is 9.72. The minimum Gasteiger partial charge on any atom is -0.496 e. The Labute approximate surface area is 252 Å². The van der Waals surface area contributed by atoms with Crippen LogP contribution < -0.4 is 14.8 Å². The van der Waals surface area contributed by atoms with Gasteiger partial charge in [-0.05, 0) is 42.5 Å². The first-order valence-electron chi connectivity index (χ1n) is 14.4. The summed E-state index contributed by atoms with van der Waals surface area (Å²) in [6.07, 6.45) is -3.84. The molecule has 1 aliphatic heterocycles. The van der Waals surface area contributed by atoms with Gasteiger partial charge in [-0.2, -0.15) is 13.2 Å². The number of nitrogens with one attached hydrogen (secondary N) is 1. The smallest absolute Gasteiger partial charge is 0.416 e. The van der Waals surface area contributed by atoms with Crippen molar-refractivity contribution in [2.45, 2.75) is 83.2 Å². The number of benzene rings is 1. The number of amides is 1. The zero-order valence-electron chi connectivity index (χ0n) is 25.3. The molecule has 1 amide bonds. The quantitative estimate of drug-likeness (QED) is 0.341. The maximum Gasteiger partial charge on any atom is 0.416 e. The molecule has 0 spiro atoms. The van der Waals surface area contributed by atoms with Gasteiger partial charge in [0.1, 0.15) is 11.8 Å². The predicted octanol–water partition coefficient (Wildman–Crippen LogP) is 6.10. The molecule has 2 aliphatic rings. The fourth-order valence-corrected chi connectivity index (χ4v) is 6.74. The largest absolute Gasteiger partial charge is 0.496 e. The van der Waals surface area contributed by atoms with Crippen LogP contribution in [-0.2, 0) is 22.3 Å². The molecule has 242 valence electrons. The summed E-state index contributed by atoms with van der Waals surface area (Å²) in [4.78, 5) is 32.7. The number of methoxy groups -OCH3 is 2. The van der Waals surface area contributed by atoms with Gasteiger partial charge in [0, 0.05) is 54.6 Å². The van der Waals surface area contributed by atoms with E-state index in [1.807, 2.05) is 20.8 Å². The molecular formula is C31H38F5N3O5. The second kappa shape index (κ2) is 12.5. The Morgan fingerprint density at radius 3 is 2.41 bits per heavy atom. The minimum atomic E-state index is -4.59. The lowest BCUT2D eigenvalue weighted by molar-refractivity contribution is -0.157. The summed E-state index contributed by atoms with van der Waals surface area (Å²) in [5, 5.41) is 13.9. The van der Waals surface area contributed by atoms with Gasteiger partial charge in [0.15, 0.2) is 0 Å². The van der Waals surface area contributed by atoms with Crippen LogP contribution in [0, 0.1) is 17.3 Å². The summed E-state index contributed by atoms with van der Waals surface area (Å²) >= 11 is 0. The monoisotopic (exact) mass is 627 g/mol. The number of alkyl halides is 5. The van der Waals surface area contributed by atoms with E-state index in [2.05, 4.69) is 10.3 Å². The molecule has 13 heteroatoms.